The summed E-state index contributed by atoms with van der Waals surface area (Å²) >= 11 is 6.21. The first kappa shape index (κ1) is 14.3. The number of halogens is 1. The third-order valence-electron chi connectivity index (χ3n) is 3.91. The molecule has 0 bridgehead atoms. The Morgan fingerprint density at radius 2 is 2.33 bits per heavy atom. The second kappa shape index (κ2) is 6.02. The highest BCUT2D eigenvalue weighted by Gasteiger charge is 2.21. The zero-order valence-corrected chi connectivity index (χ0v) is 12.7. The number of fused-ring (bicyclic) bond motifs is 1. The third kappa shape index (κ3) is 2.88. The maximum atomic E-state index is 6.21. The molecule has 1 atom stereocenters. The van der Waals surface area contributed by atoms with E-state index in [0.29, 0.717) is 6.42 Å². The molecule has 21 heavy (non-hydrogen) atoms. The van der Waals surface area contributed by atoms with Crippen LogP contribution in [0.1, 0.15) is 28.3 Å². The van der Waals surface area contributed by atoms with Crippen LogP contribution in [0.3, 0.4) is 0 Å². The fourth-order valence-corrected chi connectivity index (χ4v) is 3.08. The lowest BCUT2D eigenvalue weighted by Crippen LogP contribution is -2.30. The number of nitrogens with one attached hydrogen (secondary N) is 1. The SMILES string of the molecule is Cc1ccncc1C(Cc1cc(Cl)cc2c1OCC2)NN. The summed E-state index contributed by atoms with van der Waals surface area (Å²) in [5.74, 6) is 6.71. The van der Waals surface area contributed by atoms with Gasteiger partial charge >= 0.3 is 0 Å². The van der Waals surface area contributed by atoms with Gasteiger partial charge in [-0.25, -0.2) is 0 Å². The zero-order valence-electron chi connectivity index (χ0n) is 11.9. The van der Waals surface area contributed by atoms with E-state index in [1.54, 1.807) is 6.20 Å². The van der Waals surface area contributed by atoms with Crippen LogP contribution in [0.5, 0.6) is 5.75 Å². The first-order chi connectivity index (χ1) is 10.2. The molecule has 5 heteroatoms. The van der Waals surface area contributed by atoms with Gasteiger partial charge in [0, 0.05) is 23.8 Å². The van der Waals surface area contributed by atoms with Crippen molar-refractivity contribution < 1.29 is 4.74 Å². The second-order valence-electron chi connectivity index (χ2n) is 5.31. The van der Waals surface area contributed by atoms with Crippen LogP contribution in [0.25, 0.3) is 0 Å². The lowest BCUT2D eigenvalue weighted by Gasteiger charge is -2.19. The minimum atomic E-state index is -0.0227. The van der Waals surface area contributed by atoms with E-state index in [2.05, 4.69) is 17.3 Å². The number of benzene rings is 1. The Labute approximate surface area is 129 Å². The Balaban J connectivity index is 1.94. The summed E-state index contributed by atoms with van der Waals surface area (Å²) in [5, 5.41) is 0.743. The highest BCUT2D eigenvalue weighted by atomic mass is 35.5. The van der Waals surface area contributed by atoms with Crippen molar-refractivity contribution in [3.05, 3.63) is 57.9 Å². The highest BCUT2D eigenvalue weighted by Crippen LogP contribution is 2.35. The predicted molar refractivity (Wildman–Crippen MR) is 83.4 cm³/mol. The summed E-state index contributed by atoms with van der Waals surface area (Å²) in [7, 11) is 0. The molecule has 4 nitrogen and oxygen atoms in total. The fourth-order valence-electron chi connectivity index (χ4n) is 2.82. The van der Waals surface area contributed by atoms with Gasteiger partial charge in [0.05, 0.1) is 12.6 Å². The van der Waals surface area contributed by atoms with Crippen molar-refractivity contribution in [1.82, 2.24) is 10.4 Å². The average molecular weight is 304 g/mol. The van der Waals surface area contributed by atoms with Crippen molar-refractivity contribution in [2.24, 2.45) is 5.84 Å². The van der Waals surface area contributed by atoms with E-state index in [1.165, 1.54) is 5.56 Å². The van der Waals surface area contributed by atoms with Crippen LogP contribution in [0.4, 0.5) is 0 Å². The molecule has 0 amide bonds. The van der Waals surface area contributed by atoms with Gasteiger partial charge in [-0.05, 0) is 53.8 Å². The van der Waals surface area contributed by atoms with Crippen LogP contribution >= 0.6 is 11.6 Å². The van der Waals surface area contributed by atoms with Crippen LogP contribution in [-0.4, -0.2) is 11.6 Å². The molecule has 3 N–H and O–H groups in total. The molecular formula is C16H18ClN3O. The van der Waals surface area contributed by atoms with Crippen molar-refractivity contribution in [3.8, 4) is 5.75 Å². The first-order valence-corrected chi connectivity index (χ1v) is 7.37. The molecule has 2 aromatic rings. The minimum absolute atomic E-state index is 0.0227. The van der Waals surface area contributed by atoms with Gasteiger partial charge in [-0.1, -0.05) is 11.6 Å². The summed E-state index contributed by atoms with van der Waals surface area (Å²) < 4.78 is 5.75. The van der Waals surface area contributed by atoms with Crippen LogP contribution in [-0.2, 0) is 12.8 Å². The molecule has 2 heterocycles. The Bertz CT molecular complexity index is 660. The lowest BCUT2D eigenvalue weighted by molar-refractivity contribution is 0.351. The van der Waals surface area contributed by atoms with Gasteiger partial charge in [0.1, 0.15) is 5.75 Å². The molecule has 0 saturated heterocycles. The number of nitrogens with zero attached hydrogens (tertiary/aromatic N) is 1. The highest BCUT2D eigenvalue weighted by molar-refractivity contribution is 6.30. The van der Waals surface area contributed by atoms with Gasteiger partial charge < -0.3 is 4.74 Å². The summed E-state index contributed by atoms with van der Waals surface area (Å²) in [4.78, 5) is 4.19. The van der Waals surface area contributed by atoms with Gasteiger partial charge in [-0.3, -0.25) is 16.3 Å². The molecule has 3 rings (SSSR count). The summed E-state index contributed by atoms with van der Waals surface area (Å²) in [6.07, 6.45) is 5.26. The summed E-state index contributed by atoms with van der Waals surface area (Å²) in [6, 6.07) is 5.90. The van der Waals surface area contributed by atoms with Crippen LogP contribution in [0, 0.1) is 6.92 Å². The number of hydrogen-bond acceptors (Lipinski definition) is 4. The molecule has 0 fully saturated rings. The van der Waals surface area contributed by atoms with E-state index in [-0.39, 0.29) is 6.04 Å². The number of pyridine rings is 1. The Morgan fingerprint density at radius 1 is 1.48 bits per heavy atom. The molecule has 0 spiro atoms. The Hall–Kier alpha value is -1.62. The number of aromatic nitrogens is 1. The zero-order chi connectivity index (χ0) is 14.8. The van der Waals surface area contributed by atoms with Crippen molar-refractivity contribution in [1.29, 1.82) is 0 Å². The number of nitrogens with two attached hydrogens (primary N) is 1. The number of hydrazine groups is 1. The number of hydrogen-bond donors (Lipinski definition) is 2. The number of aryl methyl sites for hydroxylation is 1. The Kier molecular flexibility index (Phi) is 4.10. The van der Waals surface area contributed by atoms with E-state index in [9.17, 15) is 0 Å². The molecule has 0 radical (unpaired) electrons. The van der Waals surface area contributed by atoms with Gasteiger partial charge in [0.25, 0.3) is 0 Å². The molecule has 1 unspecified atom stereocenters. The third-order valence-corrected chi connectivity index (χ3v) is 4.12. The van der Waals surface area contributed by atoms with Gasteiger partial charge in [0.15, 0.2) is 0 Å². The quantitative estimate of drug-likeness (QED) is 0.673. The van der Waals surface area contributed by atoms with E-state index >= 15 is 0 Å². The van der Waals surface area contributed by atoms with Crippen LogP contribution < -0.4 is 16.0 Å². The van der Waals surface area contributed by atoms with E-state index in [1.807, 2.05) is 24.4 Å². The molecule has 1 aliphatic rings. The predicted octanol–water partition coefficient (Wildman–Crippen LogP) is 2.73. The topological polar surface area (TPSA) is 60.2 Å². The molecular weight excluding hydrogens is 286 g/mol. The number of rotatable bonds is 4. The fraction of sp³-hybridized carbons (Fsp3) is 0.312. The van der Waals surface area contributed by atoms with E-state index in [0.717, 1.165) is 40.5 Å². The van der Waals surface area contributed by atoms with Gasteiger partial charge in [0.2, 0.25) is 0 Å². The maximum absolute atomic E-state index is 6.21. The molecule has 110 valence electrons. The standard InChI is InChI=1S/C16H18ClN3O/c1-10-2-4-19-9-14(10)15(20-18)8-12-7-13(17)6-11-3-5-21-16(11)12/h2,4,6-7,9,15,20H,3,5,8,18H2,1H3. The first-order valence-electron chi connectivity index (χ1n) is 6.99. The lowest BCUT2D eigenvalue weighted by atomic mass is 9.96. The van der Waals surface area contributed by atoms with E-state index < -0.39 is 0 Å². The van der Waals surface area contributed by atoms with Crippen LogP contribution in [0.15, 0.2) is 30.6 Å². The van der Waals surface area contributed by atoms with Crippen molar-refractivity contribution in [2.75, 3.05) is 6.61 Å². The van der Waals surface area contributed by atoms with Crippen molar-refractivity contribution in [3.63, 3.8) is 0 Å². The number of ether oxygens (including phenoxy) is 1. The Morgan fingerprint density at radius 3 is 3.10 bits per heavy atom. The van der Waals surface area contributed by atoms with Crippen LogP contribution in [0.2, 0.25) is 5.02 Å². The minimum Gasteiger partial charge on any atom is -0.493 e. The van der Waals surface area contributed by atoms with Gasteiger partial charge in [-0.2, -0.15) is 0 Å². The molecule has 1 aliphatic heterocycles. The molecule has 1 aromatic carbocycles. The monoisotopic (exact) mass is 303 g/mol. The summed E-state index contributed by atoms with van der Waals surface area (Å²) in [6.45, 7) is 2.77. The summed E-state index contributed by atoms with van der Waals surface area (Å²) in [5.41, 5.74) is 7.39. The molecule has 1 aromatic heterocycles. The molecule has 0 aliphatic carbocycles. The average Bonchev–Trinajstić information content (AvgIpc) is 2.93. The second-order valence-corrected chi connectivity index (χ2v) is 5.74. The van der Waals surface area contributed by atoms with E-state index in [4.69, 9.17) is 22.2 Å². The smallest absolute Gasteiger partial charge is 0.125 e. The maximum Gasteiger partial charge on any atom is 0.125 e. The largest absolute Gasteiger partial charge is 0.493 e. The molecule has 0 saturated carbocycles. The van der Waals surface area contributed by atoms with Crippen molar-refractivity contribution in [2.45, 2.75) is 25.8 Å². The normalized spacial score (nSPS) is 14.6. The van der Waals surface area contributed by atoms with Crippen molar-refractivity contribution >= 4 is 11.6 Å². The van der Waals surface area contributed by atoms with Gasteiger partial charge in [-0.15, -0.1) is 0 Å².